The van der Waals surface area contributed by atoms with Gasteiger partial charge in [-0.15, -0.1) is 0 Å². The Morgan fingerprint density at radius 2 is 1.94 bits per heavy atom. The van der Waals surface area contributed by atoms with Crippen LogP contribution in [-0.4, -0.2) is 22.9 Å². The topological polar surface area (TPSA) is 94.2 Å². The number of hydrogen-bond acceptors (Lipinski definition) is 4. The molecule has 2 rings (SSSR count). The summed E-state index contributed by atoms with van der Waals surface area (Å²) >= 11 is -2.21. The Balaban J connectivity index is 3.02. The Morgan fingerprint density at radius 1 is 1.29 bits per heavy atom. The predicted molar refractivity (Wildman–Crippen MR) is 61.3 cm³/mol. The van der Waals surface area contributed by atoms with Crippen molar-refractivity contribution in [3.8, 4) is 0 Å². The van der Waals surface area contributed by atoms with Gasteiger partial charge in [-0.3, -0.25) is 13.9 Å². The maximum Gasteiger partial charge on any atom is 0.332 e. The summed E-state index contributed by atoms with van der Waals surface area (Å²) in [6.07, 6.45) is 1.16. The molecule has 7 nitrogen and oxygen atoms in total. The molecule has 0 bridgehead atoms. The molecule has 2 aromatic heterocycles. The highest BCUT2D eigenvalue weighted by molar-refractivity contribution is 7.79. The molecular formula is C9H9N3O4S. The molecule has 0 fully saturated rings. The largest absolute Gasteiger partial charge is 0.332 e. The molecule has 17 heavy (non-hydrogen) atoms. The summed E-state index contributed by atoms with van der Waals surface area (Å²) in [5.41, 5.74) is -0.844. The van der Waals surface area contributed by atoms with Crippen LogP contribution in [-0.2, 0) is 25.2 Å². The lowest BCUT2D eigenvalue weighted by atomic mass is 10.3. The van der Waals surface area contributed by atoms with Gasteiger partial charge in [0.25, 0.3) is 5.56 Å². The number of pyridine rings is 1. The van der Waals surface area contributed by atoms with Gasteiger partial charge in [0.15, 0.2) is 11.1 Å². The Hall–Kier alpha value is -1.80. The molecule has 0 aliphatic heterocycles. The van der Waals surface area contributed by atoms with Gasteiger partial charge in [-0.2, -0.15) is 0 Å². The number of aryl methyl sites for hydroxylation is 1. The number of rotatable bonds is 1. The molecule has 0 aromatic carbocycles. The molecule has 2 aromatic rings. The van der Waals surface area contributed by atoms with E-state index in [4.69, 9.17) is 4.55 Å². The standard InChI is InChI=1S/C9H9N3O4S/c1-11-7-6(8(13)12(2)9(11)14)3-5(4-10-7)17(15)16/h3-4H,1-2H3,(H,15,16). The van der Waals surface area contributed by atoms with Crippen LogP contribution in [0.1, 0.15) is 0 Å². The summed E-state index contributed by atoms with van der Waals surface area (Å²) in [6.45, 7) is 0. The molecule has 1 atom stereocenters. The number of hydrogen-bond donors (Lipinski definition) is 1. The molecule has 0 aliphatic rings. The average molecular weight is 255 g/mol. The zero-order valence-electron chi connectivity index (χ0n) is 9.08. The fraction of sp³-hybridized carbons (Fsp3) is 0.222. The van der Waals surface area contributed by atoms with Gasteiger partial charge in [0.2, 0.25) is 0 Å². The van der Waals surface area contributed by atoms with E-state index in [9.17, 15) is 13.8 Å². The monoisotopic (exact) mass is 255 g/mol. The van der Waals surface area contributed by atoms with Crippen molar-refractivity contribution in [1.82, 2.24) is 14.1 Å². The molecule has 0 aliphatic carbocycles. The van der Waals surface area contributed by atoms with Crippen molar-refractivity contribution in [3.05, 3.63) is 33.1 Å². The molecule has 1 N–H and O–H groups in total. The normalized spacial score (nSPS) is 12.9. The minimum absolute atomic E-state index is 0.0215. The smallest absolute Gasteiger partial charge is 0.302 e. The molecule has 90 valence electrons. The third-order valence-electron chi connectivity index (χ3n) is 2.47. The lowest BCUT2D eigenvalue weighted by Gasteiger charge is -2.06. The van der Waals surface area contributed by atoms with Crippen LogP contribution in [0.5, 0.6) is 0 Å². The maximum atomic E-state index is 11.8. The summed E-state index contributed by atoms with van der Waals surface area (Å²) in [5.74, 6) is 0. The minimum atomic E-state index is -2.21. The van der Waals surface area contributed by atoms with Crippen LogP contribution in [0.25, 0.3) is 11.0 Å². The molecule has 0 saturated carbocycles. The van der Waals surface area contributed by atoms with E-state index in [1.165, 1.54) is 24.7 Å². The number of fused-ring (bicyclic) bond motifs is 1. The van der Waals surface area contributed by atoms with Crippen molar-refractivity contribution in [2.24, 2.45) is 14.1 Å². The number of aromatic nitrogens is 3. The highest BCUT2D eigenvalue weighted by Gasteiger charge is 2.11. The van der Waals surface area contributed by atoms with Gasteiger partial charge in [0, 0.05) is 20.3 Å². The summed E-state index contributed by atoms with van der Waals surface area (Å²) in [7, 11) is 2.82. The van der Waals surface area contributed by atoms with Crippen molar-refractivity contribution in [2.75, 3.05) is 0 Å². The highest BCUT2D eigenvalue weighted by Crippen LogP contribution is 2.09. The first-order valence-electron chi connectivity index (χ1n) is 4.60. The molecule has 0 radical (unpaired) electrons. The minimum Gasteiger partial charge on any atom is -0.302 e. The second-order valence-electron chi connectivity index (χ2n) is 3.50. The lowest BCUT2D eigenvalue weighted by molar-refractivity contribution is 0.564. The van der Waals surface area contributed by atoms with Crippen molar-refractivity contribution in [1.29, 1.82) is 0 Å². The van der Waals surface area contributed by atoms with Crippen molar-refractivity contribution in [3.63, 3.8) is 0 Å². The van der Waals surface area contributed by atoms with Gasteiger partial charge in [-0.25, -0.2) is 14.0 Å². The van der Waals surface area contributed by atoms with Crippen LogP contribution in [0.15, 0.2) is 26.7 Å². The summed E-state index contributed by atoms with van der Waals surface area (Å²) in [5, 5.41) is 0.134. The third-order valence-corrected chi connectivity index (χ3v) is 3.10. The second-order valence-corrected chi connectivity index (χ2v) is 4.47. The zero-order chi connectivity index (χ0) is 12.7. The molecule has 0 amide bonds. The first kappa shape index (κ1) is 11.7. The van der Waals surface area contributed by atoms with Crippen LogP contribution in [0, 0.1) is 0 Å². The van der Waals surface area contributed by atoms with E-state index in [1.54, 1.807) is 0 Å². The molecular weight excluding hydrogens is 246 g/mol. The van der Waals surface area contributed by atoms with Crippen molar-refractivity contribution < 1.29 is 8.76 Å². The van der Waals surface area contributed by atoms with Crippen molar-refractivity contribution in [2.45, 2.75) is 4.90 Å². The first-order chi connectivity index (χ1) is 7.93. The quantitative estimate of drug-likeness (QED) is 0.674. The van der Waals surface area contributed by atoms with E-state index < -0.39 is 22.3 Å². The molecule has 2 heterocycles. The van der Waals surface area contributed by atoms with Crippen LogP contribution in [0.2, 0.25) is 0 Å². The predicted octanol–water partition coefficient (Wildman–Crippen LogP) is -0.787. The Labute approximate surface area is 97.6 Å². The first-order valence-corrected chi connectivity index (χ1v) is 5.71. The van der Waals surface area contributed by atoms with E-state index >= 15 is 0 Å². The van der Waals surface area contributed by atoms with Gasteiger partial charge < -0.3 is 4.55 Å². The number of nitrogens with zero attached hydrogens (tertiary/aromatic N) is 3. The van der Waals surface area contributed by atoms with Gasteiger partial charge in [0.1, 0.15) is 5.65 Å². The summed E-state index contributed by atoms with van der Waals surface area (Å²) in [6, 6.07) is 1.26. The fourth-order valence-corrected chi connectivity index (χ4v) is 1.90. The van der Waals surface area contributed by atoms with E-state index in [-0.39, 0.29) is 15.9 Å². The van der Waals surface area contributed by atoms with Crippen LogP contribution >= 0.6 is 0 Å². The fourth-order valence-electron chi connectivity index (χ4n) is 1.54. The highest BCUT2D eigenvalue weighted by atomic mass is 32.2. The Morgan fingerprint density at radius 3 is 2.53 bits per heavy atom. The van der Waals surface area contributed by atoms with Crippen LogP contribution < -0.4 is 11.2 Å². The van der Waals surface area contributed by atoms with Gasteiger partial charge in [0.05, 0.1) is 10.3 Å². The van der Waals surface area contributed by atoms with Crippen LogP contribution in [0.4, 0.5) is 0 Å². The van der Waals surface area contributed by atoms with E-state index in [0.717, 1.165) is 10.8 Å². The van der Waals surface area contributed by atoms with E-state index in [2.05, 4.69) is 4.98 Å². The molecule has 1 unspecified atom stereocenters. The SMILES string of the molecule is Cn1c(=O)c2cc(S(=O)O)cnc2n(C)c1=O. The third kappa shape index (κ3) is 1.71. The Kier molecular flexibility index (Phi) is 2.68. The Bertz CT molecular complexity index is 746. The average Bonchev–Trinajstić information content (AvgIpc) is 2.32. The van der Waals surface area contributed by atoms with E-state index in [0.29, 0.717) is 0 Å². The summed E-state index contributed by atoms with van der Waals surface area (Å²) < 4.78 is 21.9. The van der Waals surface area contributed by atoms with Gasteiger partial charge in [-0.1, -0.05) is 0 Å². The summed E-state index contributed by atoms with van der Waals surface area (Å²) in [4.78, 5) is 27.3. The van der Waals surface area contributed by atoms with E-state index in [1.807, 2.05) is 0 Å². The lowest BCUT2D eigenvalue weighted by Crippen LogP contribution is -2.37. The van der Waals surface area contributed by atoms with Crippen molar-refractivity contribution >= 4 is 22.1 Å². The zero-order valence-corrected chi connectivity index (χ0v) is 9.89. The van der Waals surface area contributed by atoms with Gasteiger partial charge in [-0.05, 0) is 6.07 Å². The van der Waals surface area contributed by atoms with Crippen LogP contribution in [0.3, 0.4) is 0 Å². The molecule has 0 spiro atoms. The van der Waals surface area contributed by atoms with Gasteiger partial charge >= 0.3 is 5.69 Å². The second kappa shape index (κ2) is 3.90. The maximum absolute atomic E-state index is 11.8. The molecule has 8 heteroatoms. The molecule has 0 saturated heterocycles.